The predicted molar refractivity (Wildman–Crippen MR) is 216 cm³/mol. The molecular weight excluding hydrogens is 753 g/mol. The second kappa shape index (κ2) is 18.0. The Labute approximate surface area is 341 Å². The van der Waals surface area contributed by atoms with E-state index in [4.69, 9.17) is 23.7 Å². The fourth-order valence-electron chi connectivity index (χ4n) is 9.28. The molecule has 2 N–H and O–H groups in total. The lowest BCUT2D eigenvalue weighted by Crippen LogP contribution is -2.60. The minimum atomic E-state index is -1.40. The molecule has 1 aromatic heterocycles. The van der Waals surface area contributed by atoms with Gasteiger partial charge in [0.05, 0.1) is 34.9 Å². The smallest absolute Gasteiger partial charge is 0.410 e. The first-order valence-corrected chi connectivity index (χ1v) is 21.3. The molecule has 1 aromatic carbocycles. The Morgan fingerprint density at radius 2 is 1.77 bits per heavy atom. The number of carbonyl (C=O) groups is 4. The van der Waals surface area contributed by atoms with Crippen LogP contribution in [0.3, 0.4) is 0 Å². The molecular formula is C42H64N4O10S. The van der Waals surface area contributed by atoms with E-state index in [1.165, 1.54) is 14.0 Å². The molecule has 0 bridgehead atoms. The highest BCUT2D eigenvalue weighted by Gasteiger charge is 2.60. The number of amides is 1. The molecule has 57 heavy (non-hydrogen) atoms. The second-order valence-electron chi connectivity index (χ2n) is 17.1. The molecule has 318 valence electrons. The summed E-state index contributed by atoms with van der Waals surface area (Å²) >= 11 is 1.55. The van der Waals surface area contributed by atoms with Crippen LogP contribution in [-0.4, -0.2) is 136 Å². The lowest BCUT2D eigenvalue weighted by Gasteiger charge is -2.47. The molecule has 1 unspecified atom stereocenters. The number of ketones is 2. The zero-order valence-electron chi connectivity index (χ0n) is 35.7. The number of aromatic amines is 1. The largest absolute Gasteiger partial charge is 0.458 e. The van der Waals surface area contributed by atoms with Gasteiger partial charge in [-0.2, -0.15) is 0 Å². The topological polar surface area (TPSA) is 170 Å². The Bertz CT molecular complexity index is 1770. The summed E-state index contributed by atoms with van der Waals surface area (Å²) in [5.74, 6) is -4.31. The summed E-state index contributed by atoms with van der Waals surface area (Å²) < 4.78 is 31.2. The van der Waals surface area contributed by atoms with Crippen molar-refractivity contribution in [3.63, 3.8) is 0 Å². The van der Waals surface area contributed by atoms with Gasteiger partial charge in [0.1, 0.15) is 23.9 Å². The van der Waals surface area contributed by atoms with Gasteiger partial charge in [0.2, 0.25) is 0 Å². The van der Waals surface area contributed by atoms with E-state index in [0.717, 1.165) is 21.8 Å². The number of nitrogens with zero attached hydrogens (tertiary/aromatic N) is 3. The average molecular weight is 817 g/mol. The minimum Gasteiger partial charge on any atom is -0.458 e. The highest BCUT2D eigenvalue weighted by Crippen LogP contribution is 2.43. The molecule has 14 nitrogen and oxygen atoms in total. The Morgan fingerprint density at radius 1 is 1.07 bits per heavy atom. The van der Waals surface area contributed by atoms with Crippen molar-refractivity contribution in [3.8, 4) is 0 Å². The number of carbonyl (C=O) groups excluding carboxylic acids is 4. The number of ether oxygens (including phenoxy) is 5. The summed E-state index contributed by atoms with van der Waals surface area (Å²) in [5.41, 5.74) is 0.302. The summed E-state index contributed by atoms with van der Waals surface area (Å²) in [6.45, 7) is 16.3. The van der Waals surface area contributed by atoms with Crippen LogP contribution < -0.4 is 0 Å². The number of benzene rings is 1. The lowest BCUT2D eigenvalue weighted by atomic mass is 9.73. The standard InChI is InChI=1S/C42H64N4O10S/c1-13-31-42(9)35(46(40(51)56-42)17-14-18-57-39-43-28-16-15-22(2)19-29(28)44-39)25(5)32(47)23(3)21-41(8,52-12)36(26(6)33(48)27(7)37(50)54-31)55-38-34(49)30(45(10)11)20-24(4)53-38/h15-16,19,23-27,30-31,34-36,38,49H,13-14,17-18,20-21H2,1-12H3,(H,43,44)/t23-,24-,25+,26+,27-,30+,31-,34-,35?,36-,38+,41+,42-/m1/s1. The van der Waals surface area contributed by atoms with Crippen molar-refractivity contribution < 1.29 is 48.0 Å². The van der Waals surface area contributed by atoms with Gasteiger partial charge in [0.25, 0.3) is 0 Å². The van der Waals surface area contributed by atoms with Gasteiger partial charge in [-0.05, 0) is 92.1 Å². The lowest BCUT2D eigenvalue weighted by molar-refractivity contribution is -0.295. The second-order valence-corrected chi connectivity index (χ2v) is 18.2. The van der Waals surface area contributed by atoms with E-state index in [1.54, 1.807) is 44.4 Å². The quantitative estimate of drug-likeness (QED) is 0.133. The molecule has 0 spiro atoms. The van der Waals surface area contributed by atoms with Gasteiger partial charge in [0.15, 0.2) is 22.8 Å². The third-order valence-corrected chi connectivity index (χ3v) is 13.5. The molecule has 3 aliphatic heterocycles. The number of Topliss-reactive ketones (excluding diaryl/α,β-unsaturated/α-hetero) is 2. The molecule has 0 aliphatic carbocycles. The molecule has 4 heterocycles. The zero-order valence-corrected chi connectivity index (χ0v) is 36.5. The molecule has 1 amide bonds. The van der Waals surface area contributed by atoms with Crippen LogP contribution >= 0.6 is 11.8 Å². The molecule has 5 rings (SSSR count). The molecule has 0 saturated carbocycles. The van der Waals surface area contributed by atoms with Crippen LogP contribution in [0.15, 0.2) is 23.4 Å². The zero-order chi connectivity index (χ0) is 42.1. The van der Waals surface area contributed by atoms with E-state index in [2.05, 4.69) is 9.97 Å². The van der Waals surface area contributed by atoms with E-state index in [0.29, 0.717) is 18.6 Å². The summed E-state index contributed by atoms with van der Waals surface area (Å²) in [5, 5.41) is 12.2. The number of imidazole rings is 1. The van der Waals surface area contributed by atoms with Gasteiger partial charge in [0, 0.05) is 43.2 Å². The van der Waals surface area contributed by atoms with Crippen LogP contribution in [0.4, 0.5) is 4.79 Å². The number of esters is 1. The number of aromatic nitrogens is 2. The summed E-state index contributed by atoms with van der Waals surface area (Å²) in [4.78, 5) is 68.3. The maximum Gasteiger partial charge on any atom is 0.410 e. The number of thioether (sulfide) groups is 1. The van der Waals surface area contributed by atoms with Gasteiger partial charge in [-0.3, -0.25) is 14.4 Å². The minimum absolute atomic E-state index is 0.131. The monoisotopic (exact) mass is 816 g/mol. The number of aryl methyl sites for hydroxylation is 1. The summed E-state index contributed by atoms with van der Waals surface area (Å²) in [7, 11) is 5.24. The number of fused-ring (bicyclic) bond motifs is 2. The normalized spacial score (nSPS) is 37.3. The molecule has 3 fully saturated rings. The number of aliphatic hydroxyl groups is 1. The van der Waals surface area contributed by atoms with Gasteiger partial charge in [-0.25, -0.2) is 9.78 Å². The van der Waals surface area contributed by atoms with E-state index >= 15 is 0 Å². The van der Waals surface area contributed by atoms with Crippen molar-refractivity contribution in [2.45, 2.75) is 147 Å². The number of rotatable bonds is 10. The SMILES string of the molecule is CC[C@H]1OC(=O)[C@H](C)C(=O)[C@H](C)[C@@H](O[C@@H]2O[C@H](C)C[C@H](N(C)C)[C@H]2O)[C@@](C)(OC)C[C@@H](C)C(=O)[C@H](C)C2N(CCCSc3nc4ccc(C)cc4[nH]3)C(=O)O[C@@]21C. The molecule has 15 heteroatoms. The molecule has 3 aliphatic rings. The van der Waals surface area contributed by atoms with Gasteiger partial charge >= 0.3 is 12.1 Å². The fraction of sp³-hybridized carbons (Fsp3) is 0.738. The third kappa shape index (κ3) is 9.23. The number of methoxy groups -OCH3 is 1. The van der Waals surface area contributed by atoms with Gasteiger partial charge in [-0.1, -0.05) is 45.5 Å². The van der Waals surface area contributed by atoms with Crippen molar-refractivity contribution in [1.29, 1.82) is 0 Å². The van der Waals surface area contributed by atoms with E-state index in [1.807, 2.05) is 64.9 Å². The predicted octanol–water partition coefficient (Wildman–Crippen LogP) is 5.56. The van der Waals surface area contributed by atoms with Gasteiger partial charge < -0.3 is 43.6 Å². The maximum absolute atomic E-state index is 14.7. The first-order chi connectivity index (χ1) is 26.8. The van der Waals surface area contributed by atoms with Crippen LogP contribution in [-0.2, 0) is 38.1 Å². The molecule has 2 aromatic rings. The van der Waals surface area contributed by atoms with Crippen molar-refractivity contribution in [2.24, 2.45) is 23.7 Å². The number of hydrogen-bond acceptors (Lipinski definition) is 13. The summed E-state index contributed by atoms with van der Waals surface area (Å²) in [6.07, 6.45) is -3.47. The average Bonchev–Trinajstić information content (AvgIpc) is 3.69. The number of aliphatic hydroxyl groups excluding tert-OH is 1. The van der Waals surface area contributed by atoms with Crippen LogP contribution in [0.1, 0.15) is 86.6 Å². The first-order valence-electron chi connectivity index (χ1n) is 20.3. The van der Waals surface area contributed by atoms with Gasteiger partial charge in [-0.15, -0.1) is 0 Å². The number of nitrogens with one attached hydrogen (secondary N) is 1. The van der Waals surface area contributed by atoms with Crippen molar-refractivity contribution in [2.75, 3.05) is 33.5 Å². The fourth-order valence-corrected chi connectivity index (χ4v) is 10.1. The highest BCUT2D eigenvalue weighted by molar-refractivity contribution is 7.99. The Morgan fingerprint density at radius 3 is 2.42 bits per heavy atom. The van der Waals surface area contributed by atoms with Crippen molar-refractivity contribution in [1.82, 2.24) is 19.8 Å². The molecule has 13 atom stereocenters. The number of likely N-dealkylation sites (N-methyl/N-ethyl adjacent to an activating group) is 1. The Balaban J connectivity index is 1.45. The van der Waals surface area contributed by atoms with E-state index in [9.17, 15) is 24.3 Å². The molecule has 3 saturated heterocycles. The van der Waals surface area contributed by atoms with Crippen LogP contribution in [0.5, 0.6) is 0 Å². The first kappa shape index (κ1) is 45.0. The third-order valence-electron chi connectivity index (χ3n) is 12.6. The molecule has 0 radical (unpaired) electrons. The highest BCUT2D eigenvalue weighted by atomic mass is 32.2. The Kier molecular flexibility index (Phi) is 14.2. The summed E-state index contributed by atoms with van der Waals surface area (Å²) in [6, 6.07) is 4.98. The number of H-pyrrole nitrogens is 1. The number of hydrogen-bond donors (Lipinski definition) is 2. The maximum atomic E-state index is 14.7. The van der Waals surface area contributed by atoms with E-state index in [-0.39, 0.29) is 37.3 Å². The van der Waals surface area contributed by atoms with Crippen molar-refractivity contribution in [3.05, 3.63) is 23.8 Å². The Hall–Kier alpha value is -3.08. The van der Waals surface area contributed by atoms with Crippen LogP contribution in [0.2, 0.25) is 0 Å². The number of cyclic esters (lactones) is 1. The van der Waals surface area contributed by atoms with E-state index < -0.39 is 83.4 Å². The van der Waals surface area contributed by atoms with Crippen LogP contribution in [0.25, 0.3) is 11.0 Å². The van der Waals surface area contributed by atoms with Crippen molar-refractivity contribution >= 4 is 46.4 Å². The van der Waals surface area contributed by atoms with Crippen LogP contribution in [0, 0.1) is 30.6 Å².